The lowest BCUT2D eigenvalue weighted by Crippen LogP contribution is -1.76. The average Bonchev–Trinajstić information content (AvgIpc) is 1.41. The molecule has 0 aromatic heterocycles. The third kappa shape index (κ3) is 4.37. The van der Waals surface area contributed by atoms with Crippen molar-refractivity contribution in [3.05, 3.63) is 0 Å². The number of hydrogen-bond donors (Lipinski definition) is 1. The summed E-state index contributed by atoms with van der Waals surface area (Å²) in [5.41, 5.74) is 0. The van der Waals surface area contributed by atoms with Crippen LogP contribution in [0.15, 0.2) is 0 Å². The first kappa shape index (κ1) is 5.37. The van der Waals surface area contributed by atoms with Crippen molar-refractivity contribution < 1.29 is 5.02 Å². The molecule has 0 heterocycles. The zero-order valence-corrected chi connectivity index (χ0v) is 3.96. The molecular weight excluding hydrogens is 82.9 g/mol. The monoisotopic (exact) mass is 89.0 g/mol. The smallest absolute Gasteiger partial charge is 0.368 e. The van der Waals surface area contributed by atoms with Crippen LogP contribution in [0.4, 0.5) is 0 Å². The molecule has 0 aromatic rings. The van der Waals surface area contributed by atoms with Crippen LogP contribution >= 0.6 is 11.6 Å². The molecule has 29 valence electrons. The second kappa shape index (κ2) is 4.37. The maximum atomic E-state index is 7.90. The van der Waals surface area contributed by atoms with Crippen LogP contribution in [0.1, 0.15) is 6.92 Å². The Hall–Kier alpha value is 0.375. The van der Waals surface area contributed by atoms with Gasteiger partial charge in [0.1, 0.15) is 0 Å². The molecule has 0 aliphatic carbocycles. The van der Waals surface area contributed by atoms with E-state index in [4.69, 9.17) is 5.02 Å². The summed E-state index contributed by atoms with van der Waals surface area (Å²) in [6.45, 7) is 3.08. The molecule has 0 atom stereocenters. The highest BCUT2D eigenvalue weighted by molar-refractivity contribution is 8.21. The third-order valence-electron chi connectivity index (χ3n) is 0.241. The Morgan fingerprint density at radius 2 is 2.60 bits per heavy atom. The molecule has 0 spiro atoms. The normalized spacial score (nSPS) is 7.60. The van der Waals surface area contributed by atoms with Crippen LogP contribution in [0.5, 0.6) is 0 Å². The predicted molar refractivity (Wildman–Crippen MR) is 26.1 cm³/mol. The summed E-state index contributed by atoms with van der Waals surface area (Å²) in [6, 6.07) is 0. The molecule has 0 aromatic carbocycles. The number of rotatable bonds is 2. The maximum Gasteiger partial charge on any atom is 0.368 e. The molecule has 1 N–H and O–H groups in total. The van der Waals surface area contributed by atoms with Gasteiger partial charge in [0.05, 0.1) is 0 Å². The van der Waals surface area contributed by atoms with Gasteiger partial charge < -0.3 is 5.02 Å². The van der Waals surface area contributed by atoms with Crippen molar-refractivity contribution in [2.75, 3.05) is 5.75 Å². The molecular formula is C2H6BOS. The average molecular weight is 88.9 g/mol. The van der Waals surface area contributed by atoms with Crippen LogP contribution in [0.3, 0.4) is 0 Å². The van der Waals surface area contributed by atoms with Crippen molar-refractivity contribution in [3.63, 3.8) is 0 Å². The van der Waals surface area contributed by atoms with Gasteiger partial charge in [0.15, 0.2) is 0 Å². The van der Waals surface area contributed by atoms with Crippen molar-refractivity contribution in [3.8, 4) is 0 Å². The first-order valence-electron chi connectivity index (χ1n) is 1.49. The summed E-state index contributed by atoms with van der Waals surface area (Å²) in [7, 11) is 0. The van der Waals surface area contributed by atoms with Crippen LogP contribution in [0.25, 0.3) is 0 Å². The standard InChI is InChI=1S/C2H6BOS/c1-2-5-3-4/h4H,2H2,1H3. The SMILES string of the molecule is CCS[B]O. The van der Waals surface area contributed by atoms with Crippen LogP contribution in [-0.2, 0) is 0 Å². The Morgan fingerprint density at radius 3 is 2.60 bits per heavy atom. The highest BCUT2D eigenvalue weighted by Crippen LogP contribution is 1.88. The Bertz CT molecular complexity index is 17.1. The molecule has 1 radical (unpaired) electrons. The van der Waals surface area contributed by atoms with Crippen molar-refractivity contribution in [1.82, 2.24) is 0 Å². The second-order valence-electron chi connectivity index (χ2n) is 0.561. The Labute approximate surface area is 36.9 Å². The van der Waals surface area contributed by atoms with Gasteiger partial charge in [0, 0.05) is 0 Å². The van der Waals surface area contributed by atoms with Crippen molar-refractivity contribution in [2.45, 2.75) is 6.92 Å². The first-order chi connectivity index (χ1) is 2.41. The summed E-state index contributed by atoms with van der Waals surface area (Å²) in [6.07, 6.45) is 0. The van der Waals surface area contributed by atoms with Gasteiger partial charge in [-0.15, -0.1) is 0 Å². The molecule has 5 heavy (non-hydrogen) atoms. The van der Waals surface area contributed by atoms with E-state index in [9.17, 15) is 0 Å². The Balaban J connectivity index is 2.19. The van der Waals surface area contributed by atoms with Gasteiger partial charge in [0.2, 0.25) is 0 Å². The van der Waals surface area contributed by atoms with Crippen LogP contribution in [0.2, 0.25) is 0 Å². The lowest BCUT2D eigenvalue weighted by Gasteiger charge is -1.77. The topological polar surface area (TPSA) is 20.2 Å². The number of hydrogen-bond acceptors (Lipinski definition) is 2. The molecule has 0 bridgehead atoms. The lowest BCUT2D eigenvalue weighted by atomic mass is 10.6. The molecule has 0 unspecified atom stereocenters. The van der Waals surface area contributed by atoms with E-state index in [1.54, 1.807) is 0 Å². The molecule has 0 saturated carbocycles. The Morgan fingerprint density at radius 1 is 2.00 bits per heavy atom. The van der Waals surface area contributed by atoms with E-state index < -0.39 is 0 Å². The van der Waals surface area contributed by atoms with E-state index in [0.29, 0.717) is 0 Å². The minimum atomic E-state index is 0.955. The van der Waals surface area contributed by atoms with E-state index in [-0.39, 0.29) is 0 Å². The van der Waals surface area contributed by atoms with Gasteiger partial charge in [0.25, 0.3) is 0 Å². The molecule has 0 aliphatic heterocycles. The summed E-state index contributed by atoms with van der Waals surface area (Å²) < 4.78 is 0. The zero-order valence-electron chi connectivity index (χ0n) is 3.14. The fourth-order valence-electron chi connectivity index (χ4n) is 0.0745. The van der Waals surface area contributed by atoms with E-state index in [1.807, 2.05) is 6.92 Å². The summed E-state index contributed by atoms with van der Waals surface area (Å²) in [5.74, 6) is 0.955. The van der Waals surface area contributed by atoms with Gasteiger partial charge in [-0.3, -0.25) is 0 Å². The zero-order chi connectivity index (χ0) is 4.12. The first-order valence-corrected chi connectivity index (χ1v) is 2.54. The third-order valence-corrected chi connectivity index (χ3v) is 0.724. The minimum absolute atomic E-state index is 0.955. The van der Waals surface area contributed by atoms with Gasteiger partial charge >= 0.3 is 6.76 Å². The minimum Gasteiger partial charge on any atom is -0.444 e. The molecule has 0 aliphatic rings. The lowest BCUT2D eigenvalue weighted by molar-refractivity contribution is 0.623. The van der Waals surface area contributed by atoms with E-state index in [2.05, 4.69) is 0 Å². The van der Waals surface area contributed by atoms with Gasteiger partial charge in [-0.2, -0.15) is 11.6 Å². The predicted octanol–water partition coefficient (Wildman–Crippen LogP) is 0.266. The molecule has 0 amide bonds. The fourth-order valence-corrected chi connectivity index (χ4v) is 0.224. The van der Waals surface area contributed by atoms with Gasteiger partial charge in [-0.05, 0) is 5.75 Å². The molecule has 0 rings (SSSR count). The van der Waals surface area contributed by atoms with E-state index >= 15 is 0 Å². The van der Waals surface area contributed by atoms with E-state index in [1.165, 1.54) is 11.6 Å². The molecule has 3 heteroatoms. The van der Waals surface area contributed by atoms with Crippen LogP contribution in [-0.4, -0.2) is 17.5 Å². The highest BCUT2D eigenvalue weighted by Gasteiger charge is 1.74. The summed E-state index contributed by atoms with van der Waals surface area (Å²) in [5, 5.41) is 7.90. The fraction of sp³-hybridized carbons (Fsp3) is 1.00. The van der Waals surface area contributed by atoms with Crippen molar-refractivity contribution in [1.29, 1.82) is 0 Å². The quantitative estimate of drug-likeness (QED) is 0.490. The molecule has 0 fully saturated rings. The summed E-state index contributed by atoms with van der Waals surface area (Å²) >= 11 is 1.39. The van der Waals surface area contributed by atoms with Crippen molar-refractivity contribution >= 4 is 18.4 Å². The van der Waals surface area contributed by atoms with Crippen molar-refractivity contribution in [2.24, 2.45) is 0 Å². The Kier molecular flexibility index (Phi) is 4.70. The molecule has 0 saturated heterocycles. The second-order valence-corrected chi connectivity index (χ2v) is 1.68. The summed E-state index contributed by atoms with van der Waals surface area (Å²) in [4.78, 5) is 0. The largest absolute Gasteiger partial charge is 0.444 e. The van der Waals surface area contributed by atoms with Crippen LogP contribution in [0, 0.1) is 0 Å². The van der Waals surface area contributed by atoms with Crippen LogP contribution < -0.4 is 0 Å². The van der Waals surface area contributed by atoms with Gasteiger partial charge in [-0.25, -0.2) is 0 Å². The highest BCUT2D eigenvalue weighted by atomic mass is 32.2. The molecule has 1 nitrogen and oxygen atoms in total. The maximum absolute atomic E-state index is 7.90. The van der Waals surface area contributed by atoms with E-state index in [0.717, 1.165) is 12.5 Å². The van der Waals surface area contributed by atoms with Gasteiger partial charge in [-0.1, -0.05) is 6.92 Å².